The van der Waals surface area contributed by atoms with Crippen LogP contribution in [0.2, 0.25) is 0 Å². The average Bonchev–Trinajstić information content (AvgIpc) is 3.04. The van der Waals surface area contributed by atoms with Gasteiger partial charge in [-0.15, -0.1) is 0 Å². The first-order valence-corrected chi connectivity index (χ1v) is 8.45. The molecule has 1 N–H and O–H groups in total. The van der Waals surface area contributed by atoms with Crippen LogP contribution < -0.4 is 10.2 Å². The Morgan fingerprint density at radius 1 is 1.27 bits per heavy atom. The normalized spacial score (nSPS) is 25.3. The largest absolute Gasteiger partial charge is 0.378 e. The van der Waals surface area contributed by atoms with E-state index in [1.807, 2.05) is 0 Å². The van der Waals surface area contributed by atoms with E-state index in [4.69, 9.17) is 0 Å². The van der Waals surface area contributed by atoms with Crippen molar-refractivity contribution in [2.75, 3.05) is 38.6 Å². The highest BCUT2D eigenvalue weighted by Gasteiger charge is 2.34. The predicted octanol–water partition coefficient (Wildman–Crippen LogP) is 2.42. The number of carbonyl (C=O) groups is 1. The quantitative estimate of drug-likeness (QED) is 0.931. The number of amides is 1. The van der Waals surface area contributed by atoms with Crippen molar-refractivity contribution < 1.29 is 4.79 Å². The summed E-state index contributed by atoms with van der Waals surface area (Å²) in [5.41, 5.74) is 2.48. The molecule has 1 amide bonds. The summed E-state index contributed by atoms with van der Waals surface area (Å²) in [5, 5.41) is 3.36. The fraction of sp³-hybridized carbons (Fsp3) is 0.611. The van der Waals surface area contributed by atoms with Gasteiger partial charge in [0.1, 0.15) is 0 Å². The molecule has 0 aromatic heterocycles. The van der Waals surface area contributed by atoms with Crippen LogP contribution in [-0.4, -0.2) is 44.5 Å². The van der Waals surface area contributed by atoms with Gasteiger partial charge in [0.15, 0.2) is 0 Å². The summed E-state index contributed by atoms with van der Waals surface area (Å²) < 4.78 is 0. The number of benzene rings is 1. The van der Waals surface area contributed by atoms with Gasteiger partial charge in [-0.2, -0.15) is 0 Å². The highest BCUT2D eigenvalue weighted by molar-refractivity contribution is 5.80. The third-order valence-corrected chi connectivity index (χ3v) is 4.95. The molecule has 2 aliphatic rings. The van der Waals surface area contributed by atoms with E-state index in [0.29, 0.717) is 5.91 Å². The zero-order valence-corrected chi connectivity index (χ0v) is 13.7. The van der Waals surface area contributed by atoms with Crippen LogP contribution in [0.3, 0.4) is 0 Å². The summed E-state index contributed by atoms with van der Waals surface area (Å²) in [4.78, 5) is 17.1. The Kier molecular flexibility index (Phi) is 4.67. The zero-order valence-electron chi connectivity index (χ0n) is 13.7. The fourth-order valence-electron chi connectivity index (χ4n) is 3.68. The highest BCUT2D eigenvalue weighted by atomic mass is 16.2. The molecule has 3 rings (SSSR count). The molecule has 0 radical (unpaired) electrons. The molecule has 4 nitrogen and oxygen atoms in total. The van der Waals surface area contributed by atoms with Gasteiger partial charge >= 0.3 is 0 Å². The van der Waals surface area contributed by atoms with Crippen LogP contribution in [-0.2, 0) is 4.79 Å². The Balaban J connectivity index is 1.77. The van der Waals surface area contributed by atoms with Gasteiger partial charge in [-0.05, 0) is 49.9 Å². The van der Waals surface area contributed by atoms with Crippen LogP contribution in [0.1, 0.15) is 37.3 Å². The number of rotatable bonds is 3. The first-order chi connectivity index (χ1) is 10.7. The number of carbonyl (C=O) groups excluding carboxylic acids is 1. The maximum Gasteiger partial charge on any atom is 0.227 e. The molecule has 0 bridgehead atoms. The summed E-state index contributed by atoms with van der Waals surface area (Å²) >= 11 is 0. The minimum atomic E-state index is 0.173. The molecule has 2 aliphatic heterocycles. The van der Waals surface area contributed by atoms with Crippen molar-refractivity contribution in [3.63, 3.8) is 0 Å². The number of piperidine rings is 1. The number of hydrogen-bond acceptors (Lipinski definition) is 3. The molecule has 0 aliphatic carbocycles. The van der Waals surface area contributed by atoms with Gasteiger partial charge in [0.05, 0.1) is 12.0 Å². The second-order valence-corrected chi connectivity index (χ2v) is 6.72. The number of anilines is 1. The lowest BCUT2D eigenvalue weighted by Crippen LogP contribution is -2.42. The van der Waals surface area contributed by atoms with E-state index in [1.165, 1.54) is 11.3 Å². The van der Waals surface area contributed by atoms with Crippen LogP contribution in [0.4, 0.5) is 5.69 Å². The minimum absolute atomic E-state index is 0.173. The van der Waals surface area contributed by atoms with E-state index in [9.17, 15) is 4.79 Å². The molecular weight excluding hydrogens is 274 g/mol. The number of nitrogens with zero attached hydrogens (tertiary/aromatic N) is 2. The lowest BCUT2D eigenvalue weighted by atomic mass is 9.96. The smallest absolute Gasteiger partial charge is 0.227 e. The summed E-state index contributed by atoms with van der Waals surface area (Å²) in [6.07, 6.45) is 4.35. The Morgan fingerprint density at radius 2 is 2.14 bits per heavy atom. The van der Waals surface area contributed by atoms with Crippen LogP contribution in [0.25, 0.3) is 0 Å². The molecule has 0 spiro atoms. The topological polar surface area (TPSA) is 35.6 Å². The summed E-state index contributed by atoms with van der Waals surface area (Å²) in [6.45, 7) is 2.81. The first-order valence-electron chi connectivity index (χ1n) is 8.45. The maximum atomic E-state index is 12.9. The van der Waals surface area contributed by atoms with Gasteiger partial charge in [0.2, 0.25) is 5.91 Å². The van der Waals surface area contributed by atoms with Crippen molar-refractivity contribution >= 4 is 11.6 Å². The molecule has 120 valence electrons. The Morgan fingerprint density at radius 3 is 2.86 bits per heavy atom. The van der Waals surface area contributed by atoms with Crippen LogP contribution in [0.5, 0.6) is 0 Å². The van der Waals surface area contributed by atoms with Gasteiger partial charge in [-0.25, -0.2) is 0 Å². The lowest BCUT2D eigenvalue weighted by Gasteiger charge is -2.31. The highest BCUT2D eigenvalue weighted by Crippen LogP contribution is 2.35. The third-order valence-electron chi connectivity index (χ3n) is 4.95. The molecule has 2 atom stereocenters. The van der Waals surface area contributed by atoms with Crippen molar-refractivity contribution in [1.82, 2.24) is 10.2 Å². The number of likely N-dealkylation sites (tertiary alicyclic amines) is 1. The van der Waals surface area contributed by atoms with Crippen molar-refractivity contribution in [1.29, 1.82) is 0 Å². The van der Waals surface area contributed by atoms with Crippen LogP contribution in [0.15, 0.2) is 24.3 Å². The molecular formula is C18H27N3O. The van der Waals surface area contributed by atoms with E-state index in [2.05, 4.69) is 53.5 Å². The van der Waals surface area contributed by atoms with E-state index in [1.54, 1.807) is 0 Å². The summed E-state index contributed by atoms with van der Waals surface area (Å²) in [5.74, 6) is 0.524. The molecule has 1 aromatic rings. The van der Waals surface area contributed by atoms with E-state index in [0.717, 1.165) is 45.3 Å². The zero-order chi connectivity index (χ0) is 15.5. The first kappa shape index (κ1) is 15.3. The Bertz CT molecular complexity index is 523. The minimum Gasteiger partial charge on any atom is -0.378 e. The van der Waals surface area contributed by atoms with Gasteiger partial charge < -0.3 is 15.1 Å². The van der Waals surface area contributed by atoms with Crippen molar-refractivity contribution in [3.05, 3.63) is 29.8 Å². The average molecular weight is 301 g/mol. The number of hydrogen-bond donors (Lipinski definition) is 1. The lowest BCUT2D eigenvalue weighted by molar-refractivity contribution is -0.137. The van der Waals surface area contributed by atoms with E-state index in [-0.39, 0.29) is 12.0 Å². The molecule has 1 aromatic carbocycles. The molecule has 2 unspecified atom stereocenters. The predicted molar refractivity (Wildman–Crippen MR) is 90.1 cm³/mol. The molecule has 0 saturated carbocycles. The monoisotopic (exact) mass is 301 g/mol. The third kappa shape index (κ3) is 3.12. The maximum absolute atomic E-state index is 12.9. The van der Waals surface area contributed by atoms with Gasteiger partial charge in [0, 0.05) is 32.9 Å². The van der Waals surface area contributed by atoms with Crippen LogP contribution >= 0.6 is 0 Å². The van der Waals surface area contributed by atoms with Gasteiger partial charge in [-0.1, -0.05) is 12.1 Å². The molecule has 22 heavy (non-hydrogen) atoms. The van der Waals surface area contributed by atoms with Crippen molar-refractivity contribution in [3.8, 4) is 0 Å². The van der Waals surface area contributed by atoms with E-state index < -0.39 is 0 Å². The van der Waals surface area contributed by atoms with Crippen LogP contribution in [0, 0.1) is 5.92 Å². The SMILES string of the molecule is CN(C)c1cccc(C2CCCN2C(=O)C2CCCNC2)c1. The molecule has 4 heteroatoms. The standard InChI is InChI=1S/C18H27N3O/c1-20(2)16-8-3-6-14(12-16)17-9-5-11-21(17)18(22)15-7-4-10-19-13-15/h3,6,8,12,15,17,19H,4-5,7,9-11,13H2,1-2H3. The summed E-state index contributed by atoms with van der Waals surface area (Å²) in [6, 6.07) is 8.88. The Labute approximate surface area is 133 Å². The van der Waals surface area contributed by atoms with Gasteiger partial charge in [-0.3, -0.25) is 4.79 Å². The fourth-order valence-corrected chi connectivity index (χ4v) is 3.68. The second-order valence-electron chi connectivity index (χ2n) is 6.72. The molecule has 2 saturated heterocycles. The second kappa shape index (κ2) is 6.69. The molecule has 2 fully saturated rings. The van der Waals surface area contributed by atoms with E-state index >= 15 is 0 Å². The van der Waals surface area contributed by atoms with Gasteiger partial charge in [0.25, 0.3) is 0 Å². The van der Waals surface area contributed by atoms with Crippen molar-refractivity contribution in [2.24, 2.45) is 5.92 Å². The number of nitrogens with one attached hydrogen (secondary N) is 1. The molecule has 2 heterocycles. The summed E-state index contributed by atoms with van der Waals surface area (Å²) in [7, 11) is 4.12. The Hall–Kier alpha value is -1.55. The van der Waals surface area contributed by atoms with Crippen molar-refractivity contribution in [2.45, 2.75) is 31.7 Å².